The molecular formula is C13H17BrO2. The van der Waals surface area contributed by atoms with Crippen molar-refractivity contribution >= 4 is 15.9 Å². The third-order valence-corrected chi connectivity index (χ3v) is 4.14. The molecule has 2 rings (SSSR count). The third-order valence-electron chi connectivity index (χ3n) is 3.49. The molecule has 1 aromatic rings. The maximum Gasteiger partial charge on any atom is 0.0997 e. The first-order valence-corrected chi connectivity index (χ1v) is 6.70. The van der Waals surface area contributed by atoms with Crippen LogP contribution >= 0.6 is 15.9 Å². The van der Waals surface area contributed by atoms with Crippen LogP contribution in [0.25, 0.3) is 0 Å². The smallest absolute Gasteiger partial charge is 0.0997 e. The Kier molecular flexibility index (Phi) is 3.67. The molecule has 3 heteroatoms. The Balaban J connectivity index is 2.16. The molecule has 0 N–H and O–H groups in total. The van der Waals surface area contributed by atoms with Crippen molar-refractivity contribution < 1.29 is 9.78 Å². The van der Waals surface area contributed by atoms with Crippen LogP contribution in [0.3, 0.4) is 0 Å². The molecule has 1 saturated carbocycles. The molecule has 0 heterocycles. The first-order chi connectivity index (χ1) is 7.73. The first-order valence-electron chi connectivity index (χ1n) is 5.58. The summed E-state index contributed by atoms with van der Waals surface area (Å²) < 4.78 is 0. The Labute approximate surface area is 105 Å². The Bertz CT molecular complexity index is 343. The summed E-state index contributed by atoms with van der Waals surface area (Å²) in [7, 11) is 1.57. The molecule has 1 atom stereocenters. The number of rotatable bonds is 5. The maximum atomic E-state index is 5.27. The van der Waals surface area contributed by atoms with Crippen LogP contribution in [0, 0.1) is 0 Å². The standard InChI is InChI=1S/C13H17BrO2/c1-10(16-15-2)13(7-8-13)12-5-3-11(9-14)4-6-12/h3-6,10H,7-9H2,1-2H3. The van der Waals surface area contributed by atoms with Gasteiger partial charge < -0.3 is 0 Å². The van der Waals surface area contributed by atoms with E-state index in [2.05, 4.69) is 47.1 Å². The van der Waals surface area contributed by atoms with Gasteiger partial charge in [0.25, 0.3) is 0 Å². The fourth-order valence-corrected chi connectivity index (χ4v) is 2.60. The molecule has 0 aromatic heterocycles. The predicted molar refractivity (Wildman–Crippen MR) is 67.5 cm³/mol. The average Bonchev–Trinajstić information content (AvgIpc) is 3.11. The molecule has 2 nitrogen and oxygen atoms in total. The Hall–Kier alpha value is -0.380. The largest absolute Gasteiger partial charge is 0.240 e. The highest BCUT2D eigenvalue weighted by Gasteiger charge is 2.50. The number of halogens is 1. The normalized spacial score (nSPS) is 19.4. The monoisotopic (exact) mass is 284 g/mol. The second kappa shape index (κ2) is 4.86. The second-order valence-electron chi connectivity index (χ2n) is 4.39. The van der Waals surface area contributed by atoms with Crippen LogP contribution in [-0.4, -0.2) is 13.2 Å². The first kappa shape index (κ1) is 12.1. The SMILES string of the molecule is COOC(C)C1(c2ccc(CBr)cc2)CC1. The molecular weight excluding hydrogens is 268 g/mol. The summed E-state index contributed by atoms with van der Waals surface area (Å²) in [6, 6.07) is 8.76. The molecule has 0 bridgehead atoms. The summed E-state index contributed by atoms with van der Waals surface area (Å²) in [5.74, 6) is 0. The molecule has 0 saturated heterocycles. The molecule has 1 aliphatic rings. The zero-order valence-electron chi connectivity index (χ0n) is 9.70. The van der Waals surface area contributed by atoms with Crippen molar-refractivity contribution in [1.29, 1.82) is 0 Å². The highest BCUT2D eigenvalue weighted by molar-refractivity contribution is 9.08. The summed E-state index contributed by atoms with van der Waals surface area (Å²) in [6.07, 6.45) is 2.49. The molecule has 1 aliphatic carbocycles. The van der Waals surface area contributed by atoms with Crippen LogP contribution in [0.2, 0.25) is 0 Å². The number of hydrogen-bond donors (Lipinski definition) is 0. The average molecular weight is 285 g/mol. The number of benzene rings is 1. The zero-order chi connectivity index (χ0) is 11.6. The molecule has 1 unspecified atom stereocenters. The van der Waals surface area contributed by atoms with E-state index < -0.39 is 0 Å². The lowest BCUT2D eigenvalue weighted by atomic mass is 9.90. The fraction of sp³-hybridized carbons (Fsp3) is 0.538. The lowest BCUT2D eigenvalue weighted by Crippen LogP contribution is -2.25. The number of hydrogen-bond acceptors (Lipinski definition) is 2. The van der Waals surface area contributed by atoms with E-state index in [4.69, 9.17) is 9.78 Å². The van der Waals surface area contributed by atoms with Crippen LogP contribution < -0.4 is 0 Å². The van der Waals surface area contributed by atoms with Crippen molar-refractivity contribution in [2.24, 2.45) is 0 Å². The van der Waals surface area contributed by atoms with Gasteiger partial charge >= 0.3 is 0 Å². The van der Waals surface area contributed by atoms with Crippen LogP contribution in [0.4, 0.5) is 0 Å². The maximum absolute atomic E-state index is 5.27. The molecule has 0 amide bonds. The summed E-state index contributed by atoms with van der Waals surface area (Å²) in [6.45, 7) is 2.08. The molecule has 16 heavy (non-hydrogen) atoms. The van der Waals surface area contributed by atoms with Gasteiger partial charge in [-0.3, -0.25) is 0 Å². The lowest BCUT2D eigenvalue weighted by molar-refractivity contribution is -0.307. The molecule has 1 fully saturated rings. The highest BCUT2D eigenvalue weighted by Crippen LogP contribution is 2.52. The van der Waals surface area contributed by atoms with Gasteiger partial charge in [-0.2, -0.15) is 0 Å². The third kappa shape index (κ3) is 2.17. The minimum atomic E-state index is 0.118. The fourth-order valence-electron chi connectivity index (χ4n) is 2.23. The predicted octanol–water partition coefficient (Wildman–Crippen LogP) is 3.58. The van der Waals surface area contributed by atoms with Crippen molar-refractivity contribution in [3.05, 3.63) is 35.4 Å². The lowest BCUT2D eigenvalue weighted by Gasteiger charge is -2.22. The topological polar surface area (TPSA) is 18.5 Å². The highest BCUT2D eigenvalue weighted by atomic mass is 79.9. The molecule has 0 aliphatic heterocycles. The van der Waals surface area contributed by atoms with Gasteiger partial charge in [0.1, 0.15) is 0 Å². The molecule has 88 valence electrons. The van der Waals surface area contributed by atoms with Crippen molar-refractivity contribution in [3.8, 4) is 0 Å². The summed E-state index contributed by atoms with van der Waals surface area (Å²) in [5, 5.41) is 0.907. The van der Waals surface area contributed by atoms with E-state index in [1.165, 1.54) is 24.0 Å². The van der Waals surface area contributed by atoms with Crippen LogP contribution in [0.15, 0.2) is 24.3 Å². The van der Waals surface area contributed by atoms with E-state index >= 15 is 0 Å². The Morgan fingerprint density at radius 2 is 1.94 bits per heavy atom. The van der Waals surface area contributed by atoms with E-state index in [0.29, 0.717) is 0 Å². The van der Waals surface area contributed by atoms with Crippen LogP contribution in [0.1, 0.15) is 30.9 Å². The summed E-state index contributed by atoms with van der Waals surface area (Å²) in [4.78, 5) is 10.1. The van der Waals surface area contributed by atoms with Gasteiger partial charge in [0.2, 0.25) is 0 Å². The van der Waals surface area contributed by atoms with Crippen molar-refractivity contribution in [3.63, 3.8) is 0 Å². The van der Waals surface area contributed by atoms with E-state index in [1.54, 1.807) is 7.11 Å². The van der Waals surface area contributed by atoms with Gasteiger partial charge in [-0.1, -0.05) is 40.2 Å². The molecule has 0 radical (unpaired) electrons. The molecule has 0 spiro atoms. The van der Waals surface area contributed by atoms with Crippen LogP contribution in [-0.2, 0) is 20.5 Å². The summed E-state index contributed by atoms with van der Waals surface area (Å²) >= 11 is 3.46. The van der Waals surface area contributed by atoms with Gasteiger partial charge in [-0.15, -0.1) is 0 Å². The van der Waals surface area contributed by atoms with Gasteiger partial charge in [0.05, 0.1) is 13.2 Å². The minimum Gasteiger partial charge on any atom is -0.240 e. The Morgan fingerprint density at radius 1 is 1.31 bits per heavy atom. The minimum absolute atomic E-state index is 0.118. The Morgan fingerprint density at radius 3 is 2.38 bits per heavy atom. The van der Waals surface area contributed by atoms with Gasteiger partial charge in [-0.05, 0) is 30.9 Å². The van der Waals surface area contributed by atoms with Crippen molar-refractivity contribution in [2.45, 2.75) is 36.6 Å². The van der Waals surface area contributed by atoms with E-state index in [1.807, 2.05) is 0 Å². The van der Waals surface area contributed by atoms with E-state index in [9.17, 15) is 0 Å². The second-order valence-corrected chi connectivity index (χ2v) is 4.95. The quantitative estimate of drug-likeness (QED) is 0.467. The summed E-state index contributed by atoms with van der Waals surface area (Å²) in [5.41, 5.74) is 2.85. The van der Waals surface area contributed by atoms with E-state index in [-0.39, 0.29) is 11.5 Å². The van der Waals surface area contributed by atoms with Gasteiger partial charge in [0, 0.05) is 10.7 Å². The van der Waals surface area contributed by atoms with Gasteiger partial charge in [0.15, 0.2) is 0 Å². The van der Waals surface area contributed by atoms with E-state index in [0.717, 1.165) is 5.33 Å². The molecule has 1 aromatic carbocycles. The number of alkyl halides is 1. The van der Waals surface area contributed by atoms with Crippen molar-refractivity contribution in [2.75, 3.05) is 7.11 Å². The van der Waals surface area contributed by atoms with Gasteiger partial charge in [-0.25, -0.2) is 9.78 Å². The zero-order valence-corrected chi connectivity index (χ0v) is 11.3. The van der Waals surface area contributed by atoms with Crippen LogP contribution in [0.5, 0.6) is 0 Å². The van der Waals surface area contributed by atoms with Crippen molar-refractivity contribution in [1.82, 2.24) is 0 Å².